The summed E-state index contributed by atoms with van der Waals surface area (Å²) in [7, 11) is 7.95. The zero-order valence-electron chi connectivity index (χ0n) is 71.9. The number of imidazole rings is 4. The Morgan fingerprint density at radius 3 is 0.953 bits per heavy atom. The molecule has 0 bridgehead atoms. The van der Waals surface area contributed by atoms with Gasteiger partial charge in [0.2, 0.25) is 46.6 Å². The van der Waals surface area contributed by atoms with E-state index in [1.165, 1.54) is 22.4 Å². The Labute approximate surface area is 724 Å². The minimum Gasteiger partial charge on any atom is -0.437 e. The highest BCUT2D eigenvalue weighted by Gasteiger charge is 2.33. The molecule has 127 heavy (non-hydrogen) atoms. The number of hydrogen-bond acceptors (Lipinski definition) is 8. The molecule has 24 heteroatoms. The molecule has 21 rings (SSSR count). The van der Waals surface area contributed by atoms with Crippen LogP contribution in [0.2, 0.25) is 0 Å². The fourth-order valence-electron chi connectivity index (χ4n) is 17.5. The molecule has 634 valence electrons. The number of para-hydroxylation sites is 4. The van der Waals surface area contributed by atoms with Gasteiger partial charge in [0, 0.05) is 68.1 Å². The van der Waals surface area contributed by atoms with Gasteiger partial charge in [-0.25, -0.2) is 35.8 Å². The first-order valence-corrected chi connectivity index (χ1v) is 41.5. The lowest BCUT2D eigenvalue weighted by Crippen LogP contribution is -2.29. The molecular formula is C103H86F8N12O4+4. The van der Waals surface area contributed by atoms with Gasteiger partial charge in [-0.1, -0.05) is 145 Å². The highest BCUT2D eigenvalue weighted by Crippen LogP contribution is 2.43. The number of aromatic nitrogens is 12. The van der Waals surface area contributed by atoms with Crippen LogP contribution in [0.3, 0.4) is 0 Å². The van der Waals surface area contributed by atoms with E-state index in [1.807, 2.05) is 234 Å². The fourth-order valence-corrected chi connectivity index (χ4v) is 17.5. The molecule has 12 aromatic heterocycles. The molecule has 0 radical (unpaired) electrons. The predicted molar refractivity (Wildman–Crippen MR) is 476 cm³/mol. The van der Waals surface area contributed by atoms with Gasteiger partial charge < -0.3 is 17.7 Å². The number of nitrogens with zero attached hydrogens (tertiary/aromatic N) is 12. The largest absolute Gasteiger partial charge is 0.437 e. The predicted octanol–water partition coefficient (Wildman–Crippen LogP) is 24.4. The van der Waals surface area contributed by atoms with Gasteiger partial charge in [0.15, 0.2) is 0 Å². The first-order chi connectivity index (χ1) is 61.0. The topological polar surface area (TPSA) is 139 Å². The van der Waals surface area contributed by atoms with Crippen LogP contribution < -0.4 is 18.3 Å². The van der Waals surface area contributed by atoms with Crippen molar-refractivity contribution in [1.82, 2.24) is 38.2 Å². The third-order valence-corrected chi connectivity index (χ3v) is 23.5. The number of halogens is 8. The monoisotopic (exact) mass is 1710 g/mol. The summed E-state index contributed by atoms with van der Waals surface area (Å²) in [4.78, 5) is 14.9. The lowest BCUT2D eigenvalue weighted by Gasteiger charge is -2.18. The molecule has 0 amide bonds. The van der Waals surface area contributed by atoms with E-state index in [-0.39, 0.29) is 44.4 Å². The van der Waals surface area contributed by atoms with E-state index in [0.29, 0.717) is 61.6 Å². The summed E-state index contributed by atoms with van der Waals surface area (Å²) in [5.41, 5.74) is 19.6. The van der Waals surface area contributed by atoms with Crippen molar-refractivity contribution in [2.24, 2.45) is 28.2 Å². The fraction of sp³-hybridized carbons (Fsp3) is 0.165. The maximum absolute atomic E-state index is 14.6. The molecule has 0 aliphatic rings. The number of hydrogen-bond donors (Lipinski definition) is 0. The van der Waals surface area contributed by atoms with E-state index in [1.54, 1.807) is 0 Å². The Balaban J connectivity index is 0.000000115. The van der Waals surface area contributed by atoms with Crippen molar-refractivity contribution in [3.05, 3.63) is 336 Å². The second-order valence-corrected chi connectivity index (χ2v) is 32.9. The maximum atomic E-state index is 14.6. The summed E-state index contributed by atoms with van der Waals surface area (Å²) < 4.78 is 152. The highest BCUT2D eigenvalue weighted by molar-refractivity contribution is 6.08. The minimum absolute atomic E-state index is 0.0314. The van der Waals surface area contributed by atoms with Gasteiger partial charge >= 0.3 is 0 Å². The Hall–Kier alpha value is -14.9. The molecule has 0 aliphatic carbocycles. The van der Waals surface area contributed by atoms with Gasteiger partial charge in [0.1, 0.15) is 118 Å². The SMILES string of the molecule is Cc1cc2c(cc1-c1n(-c3c(C(C)C)cccc3C(C)C)cc[n+]1C)oc1nc(F)cc(F)c12.Cc1cc2c(cc1-c1n(-c3ccccc3)cc[n+]1C)oc1nc(F)cc(F)c12.Cc1cc2c(cc1-c1n(-c3ccccc3-c3ccccc3)cc[n+]1C)oc1nc(F)cc(F)c12.Cc1cc2c(cc1-c1n(-c3ccccc3C(C)C)cc[n+]1C)oc1nc(F)cc(F)c12. The number of aryl methyl sites for hydroxylation is 8. The minimum atomic E-state index is -0.904. The van der Waals surface area contributed by atoms with Crippen molar-refractivity contribution in [2.45, 2.75) is 87.0 Å². The first-order valence-electron chi connectivity index (χ1n) is 41.5. The van der Waals surface area contributed by atoms with Crippen molar-refractivity contribution in [2.75, 3.05) is 0 Å². The van der Waals surface area contributed by atoms with Gasteiger partial charge in [-0.15, -0.1) is 0 Å². The lowest BCUT2D eigenvalue weighted by atomic mass is 9.92. The van der Waals surface area contributed by atoms with E-state index in [9.17, 15) is 35.1 Å². The van der Waals surface area contributed by atoms with Crippen LogP contribution in [-0.4, -0.2) is 38.2 Å². The van der Waals surface area contributed by atoms with Gasteiger partial charge in [-0.2, -0.15) is 55.8 Å². The quantitative estimate of drug-likeness (QED) is 0.0669. The number of rotatable bonds is 12. The maximum Gasteiger partial charge on any atom is 0.294 e. The van der Waals surface area contributed by atoms with Gasteiger partial charge in [-0.3, -0.25) is 0 Å². The summed E-state index contributed by atoms with van der Waals surface area (Å²) in [6, 6.07) is 61.5. The molecule has 0 saturated carbocycles. The van der Waals surface area contributed by atoms with Crippen LogP contribution in [0.5, 0.6) is 0 Å². The molecule has 0 atom stereocenters. The number of benzene rings is 9. The molecule has 0 fully saturated rings. The number of fused-ring (bicyclic) bond motifs is 12. The molecule has 12 heterocycles. The molecule has 0 saturated heterocycles. The number of pyridine rings is 4. The smallest absolute Gasteiger partial charge is 0.294 e. The molecular weight excluding hydrogens is 1620 g/mol. The van der Waals surface area contributed by atoms with Crippen molar-refractivity contribution >= 4 is 88.3 Å². The molecule has 16 nitrogen and oxygen atoms in total. The van der Waals surface area contributed by atoms with Crippen LogP contribution in [0.1, 0.15) is 98.2 Å². The zero-order valence-corrected chi connectivity index (χ0v) is 71.9. The first kappa shape index (κ1) is 83.0. The van der Waals surface area contributed by atoms with Crippen molar-refractivity contribution in [3.63, 3.8) is 0 Å². The number of furan rings is 4. The van der Waals surface area contributed by atoms with Crippen LogP contribution >= 0.6 is 0 Å². The second-order valence-electron chi connectivity index (χ2n) is 32.9. The molecule has 0 aliphatic heterocycles. The van der Waals surface area contributed by atoms with Gasteiger partial charge in [0.25, 0.3) is 23.3 Å². The van der Waals surface area contributed by atoms with Crippen molar-refractivity contribution in [1.29, 1.82) is 0 Å². The van der Waals surface area contributed by atoms with Crippen LogP contribution in [-0.2, 0) is 28.2 Å². The Bertz CT molecular complexity index is 7900. The average molecular weight is 1710 g/mol. The molecule has 0 unspecified atom stereocenters. The third kappa shape index (κ3) is 15.0. The van der Waals surface area contributed by atoms with E-state index >= 15 is 0 Å². The van der Waals surface area contributed by atoms with E-state index < -0.39 is 47.1 Å². The van der Waals surface area contributed by atoms with Crippen molar-refractivity contribution in [3.8, 4) is 79.4 Å². The van der Waals surface area contributed by atoms with Crippen LogP contribution in [0.25, 0.3) is 168 Å². The average Bonchev–Trinajstić information content (AvgIpc) is 1.61. The summed E-state index contributed by atoms with van der Waals surface area (Å²) in [6.07, 6.45) is 16.1. The summed E-state index contributed by atoms with van der Waals surface area (Å²) >= 11 is 0. The Morgan fingerprint density at radius 1 is 0.291 bits per heavy atom. The van der Waals surface area contributed by atoms with Gasteiger partial charge in [0.05, 0.1) is 72.0 Å². The standard InChI is InChI=1S/C28H20F2N3O.C28H28F2N3O.C25H22F2N3O.C22H16F2N3O/c1-17-14-21-24(34-27-26(21)22(29)16-25(30)31-27)15-20(17)28-32(2)12-13-33(28)23-11-7-6-10-19(23)18-8-4-3-5-9-18;1-15(2)18-8-7-9-19(16(3)4)26(18)33-11-10-32(6)28(33)20-13-23-21(12-17(20)5)25-22(29)14-24(30)31-27(25)34-23;1-14(2)16-7-5-6-8-20(16)30-10-9-29(4)25(30)17-12-21-18(11-15(17)3)23-19(26)13-22(27)28-24(23)31-21;1-13-10-16-18(28-21-20(16)17(23)12-19(24)25-21)11-15(13)22-26(2)8-9-27(22)14-6-4-3-5-7-14/h3-16H,1-2H3;7-16H,1-6H3;5-14H,1-4H3;3-12H,1-2H3/q4*+1. The second kappa shape index (κ2) is 33.0. The lowest BCUT2D eigenvalue weighted by molar-refractivity contribution is -0.659. The van der Waals surface area contributed by atoms with Gasteiger partial charge in [-0.05, 0) is 146 Å². The van der Waals surface area contributed by atoms with Crippen molar-refractivity contribution < 1.29 is 71.1 Å². The van der Waals surface area contributed by atoms with E-state index in [0.717, 1.165) is 120 Å². The van der Waals surface area contributed by atoms with Crippen LogP contribution in [0.4, 0.5) is 35.1 Å². The highest BCUT2D eigenvalue weighted by atomic mass is 19.2. The zero-order chi connectivity index (χ0) is 89.0. The Kier molecular flexibility index (Phi) is 21.5. The molecule has 9 aromatic carbocycles. The summed E-state index contributed by atoms with van der Waals surface area (Å²) in [5, 5.41) is 3.15. The molecule has 0 spiro atoms. The van der Waals surface area contributed by atoms with Crippen LogP contribution in [0.15, 0.2) is 267 Å². The summed E-state index contributed by atoms with van der Waals surface area (Å²) in [5.74, 6) is -1.42. The van der Waals surface area contributed by atoms with E-state index in [2.05, 4.69) is 145 Å². The van der Waals surface area contributed by atoms with Crippen LogP contribution in [0, 0.1) is 74.8 Å². The third-order valence-electron chi connectivity index (χ3n) is 23.5. The normalized spacial score (nSPS) is 11.8. The molecule has 21 aromatic rings. The molecule has 0 N–H and O–H groups in total. The Morgan fingerprint density at radius 2 is 0.583 bits per heavy atom. The van der Waals surface area contributed by atoms with E-state index in [4.69, 9.17) is 17.7 Å². The summed E-state index contributed by atoms with van der Waals surface area (Å²) in [6.45, 7) is 21.1.